The van der Waals surface area contributed by atoms with Gasteiger partial charge in [-0.05, 0) is 80.3 Å². The normalized spacial score (nSPS) is 13.7. The number of Topliss-reactive ketones (excluding diaryl/α,β-unsaturated/α-hetero) is 1. The number of ether oxygens (including phenoxy) is 1. The van der Waals surface area contributed by atoms with Crippen LogP contribution in [0, 0.1) is 24.5 Å². The summed E-state index contributed by atoms with van der Waals surface area (Å²) in [6.07, 6.45) is 8.03. The van der Waals surface area contributed by atoms with Crippen molar-refractivity contribution in [1.82, 2.24) is 4.90 Å². The summed E-state index contributed by atoms with van der Waals surface area (Å²) < 4.78 is 32.3. The van der Waals surface area contributed by atoms with Crippen LogP contribution in [0.1, 0.15) is 69.9 Å². The van der Waals surface area contributed by atoms with Gasteiger partial charge >= 0.3 is 0 Å². The Balaban J connectivity index is 0.00000129. The third-order valence-corrected chi connectivity index (χ3v) is 5.96. The van der Waals surface area contributed by atoms with E-state index in [0.717, 1.165) is 68.3 Å². The summed E-state index contributed by atoms with van der Waals surface area (Å²) in [5.41, 5.74) is 2.16. The maximum absolute atomic E-state index is 13.8. The first-order valence-corrected chi connectivity index (χ1v) is 12.3. The zero-order valence-corrected chi connectivity index (χ0v) is 20.6. The molecule has 0 unspecified atom stereocenters. The number of nitrogens with zero attached hydrogens (tertiary/aromatic N) is 1. The van der Waals surface area contributed by atoms with Gasteiger partial charge in [-0.3, -0.25) is 9.59 Å². The van der Waals surface area contributed by atoms with E-state index in [1.807, 2.05) is 24.0 Å². The number of carbonyl (C=O) groups excluding carboxylic acids is 2. The van der Waals surface area contributed by atoms with Gasteiger partial charge < -0.3 is 9.64 Å². The number of ketones is 1. The highest BCUT2D eigenvalue weighted by atomic mass is 19.1. The molecule has 6 heteroatoms. The monoisotopic (exact) mass is 473 g/mol. The highest BCUT2D eigenvalue weighted by Gasteiger charge is 2.19. The summed E-state index contributed by atoms with van der Waals surface area (Å²) in [6, 6.07) is 8.77. The highest BCUT2D eigenvalue weighted by Crippen LogP contribution is 2.27. The first-order valence-electron chi connectivity index (χ1n) is 12.3. The quantitative estimate of drug-likeness (QED) is 0.348. The van der Waals surface area contributed by atoms with Gasteiger partial charge in [0.15, 0.2) is 11.6 Å². The van der Waals surface area contributed by atoms with E-state index in [0.29, 0.717) is 36.8 Å². The third-order valence-electron chi connectivity index (χ3n) is 5.96. The van der Waals surface area contributed by atoms with Gasteiger partial charge in [-0.1, -0.05) is 26.3 Å². The van der Waals surface area contributed by atoms with Crippen molar-refractivity contribution in [2.24, 2.45) is 5.92 Å². The Hall–Kier alpha value is -2.76. The molecule has 0 spiro atoms. The minimum atomic E-state index is -0.740. The smallest absolute Gasteiger partial charge is 0.209 e. The van der Waals surface area contributed by atoms with Crippen LogP contribution in [-0.2, 0) is 16.0 Å². The molecule has 0 N–H and O–H groups in total. The zero-order valence-electron chi connectivity index (χ0n) is 20.6. The molecule has 0 heterocycles. The van der Waals surface area contributed by atoms with Crippen molar-refractivity contribution in [1.29, 1.82) is 0 Å². The lowest BCUT2D eigenvalue weighted by Crippen LogP contribution is -2.27. The Kier molecular flexibility index (Phi) is 11.7. The van der Waals surface area contributed by atoms with Crippen molar-refractivity contribution in [3.63, 3.8) is 0 Å². The van der Waals surface area contributed by atoms with E-state index in [-0.39, 0.29) is 5.75 Å². The molecule has 0 aromatic heterocycles. The van der Waals surface area contributed by atoms with Crippen molar-refractivity contribution in [3.8, 4) is 11.5 Å². The fourth-order valence-electron chi connectivity index (χ4n) is 4.02. The van der Waals surface area contributed by atoms with Crippen LogP contribution in [0.4, 0.5) is 8.78 Å². The molecule has 34 heavy (non-hydrogen) atoms. The maximum atomic E-state index is 13.8. The second kappa shape index (κ2) is 14.5. The minimum Gasteiger partial charge on any atom is -0.454 e. The molecule has 186 valence electrons. The number of amides is 1. The Morgan fingerprint density at radius 2 is 1.76 bits per heavy atom. The Morgan fingerprint density at radius 1 is 1.06 bits per heavy atom. The van der Waals surface area contributed by atoms with Crippen LogP contribution in [0.25, 0.3) is 0 Å². The molecule has 0 atom stereocenters. The Labute approximate surface area is 202 Å². The number of hydrogen-bond acceptors (Lipinski definition) is 3. The molecule has 3 rings (SSSR count). The van der Waals surface area contributed by atoms with Gasteiger partial charge in [-0.2, -0.15) is 0 Å². The van der Waals surface area contributed by atoms with Crippen molar-refractivity contribution in [2.45, 2.75) is 72.1 Å². The summed E-state index contributed by atoms with van der Waals surface area (Å²) in [5, 5.41) is 0. The predicted octanol–water partition coefficient (Wildman–Crippen LogP) is 7.02. The van der Waals surface area contributed by atoms with Gasteiger partial charge in [-0.25, -0.2) is 8.78 Å². The van der Waals surface area contributed by atoms with Gasteiger partial charge in [0.2, 0.25) is 6.41 Å². The topological polar surface area (TPSA) is 46.6 Å². The fraction of sp³-hybridized carbons (Fsp3) is 0.500. The van der Waals surface area contributed by atoms with E-state index >= 15 is 0 Å². The lowest BCUT2D eigenvalue weighted by molar-refractivity contribution is -0.121. The summed E-state index contributed by atoms with van der Waals surface area (Å²) in [4.78, 5) is 24.6. The van der Waals surface area contributed by atoms with E-state index < -0.39 is 11.6 Å². The van der Waals surface area contributed by atoms with Crippen LogP contribution in [-0.4, -0.2) is 30.2 Å². The molecule has 0 aliphatic heterocycles. The van der Waals surface area contributed by atoms with Gasteiger partial charge in [0, 0.05) is 32.0 Å². The molecule has 1 fully saturated rings. The van der Waals surface area contributed by atoms with Crippen molar-refractivity contribution >= 4 is 12.2 Å². The number of rotatable bonds is 10. The minimum absolute atomic E-state index is 0.0162. The number of carbonyl (C=O) groups is 2. The standard InChI is InChI=1S/C25H29F2NO3.C3H8/c1-18-15-23(31-25-11-7-21(26)16-24(25)27)10-6-20(18)3-2-13-28(17-29)14-12-19-4-8-22(30)9-5-19;1-3-2/h6-7,10-11,15-17,19H,2-5,8-9,12-14H2,1H3;3H2,1-2H3. The van der Waals surface area contributed by atoms with Gasteiger partial charge in [0.25, 0.3) is 0 Å². The van der Waals surface area contributed by atoms with Crippen molar-refractivity contribution < 1.29 is 23.1 Å². The molecule has 2 aromatic carbocycles. The molecule has 1 saturated carbocycles. The first-order chi connectivity index (χ1) is 16.4. The number of halogens is 2. The van der Waals surface area contributed by atoms with Crippen molar-refractivity contribution in [2.75, 3.05) is 13.1 Å². The van der Waals surface area contributed by atoms with Crippen LogP contribution < -0.4 is 4.74 Å². The molecular weight excluding hydrogens is 436 g/mol. The third kappa shape index (κ3) is 9.24. The molecule has 1 aliphatic rings. The molecular formula is C28H37F2NO3. The first kappa shape index (κ1) is 27.5. The Bertz CT molecular complexity index is 922. The predicted molar refractivity (Wildman–Crippen MR) is 131 cm³/mol. The van der Waals surface area contributed by atoms with E-state index in [2.05, 4.69) is 13.8 Å². The zero-order chi connectivity index (χ0) is 24.9. The Morgan fingerprint density at radius 3 is 2.38 bits per heavy atom. The van der Waals surface area contributed by atoms with E-state index in [9.17, 15) is 18.4 Å². The number of benzene rings is 2. The van der Waals surface area contributed by atoms with Crippen LogP contribution in [0.5, 0.6) is 11.5 Å². The SMILES string of the molecule is CCC.Cc1cc(Oc2ccc(F)cc2F)ccc1CCCN(C=O)CCC1CCC(=O)CC1. The molecule has 4 nitrogen and oxygen atoms in total. The van der Waals surface area contributed by atoms with Crippen LogP contribution in [0.2, 0.25) is 0 Å². The second-order valence-corrected chi connectivity index (χ2v) is 8.99. The van der Waals surface area contributed by atoms with E-state index in [1.165, 1.54) is 12.5 Å². The highest BCUT2D eigenvalue weighted by molar-refractivity contribution is 5.79. The largest absolute Gasteiger partial charge is 0.454 e. The molecule has 0 bridgehead atoms. The lowest BCUT2D eigenvalue weighted by Gasteiger charge is -2.24. The van der Waals surface area contributed by atoms with E-state index in [4.69, 9.17) is 4.74 Å². The number of hydrogen-bond donors (Lipinski definition) is 0. The summed E-state index contributed by atoms with van der Waals surface area (Å²) >= 11 is 0. The van der Waals surface area contributed by atoms with Gasteiger partial charge in [0.1, 0.15) is 17.3 Å². The molecule has 1 amide bonds. The lowest BCUT2D eigenvalue weighted by atomic mass is 9.86. The van der Waals surface area contributed by atoms with Crippen LogP contribution in [0.15, 0.2) is 36.4 Å². The molecule has 0 saturated heterocycles. The van der Waals surface area contributed by atoms with Crippen LogP contribution in [0.3, 0.4) is 0 Å². The van der Waals surface area contributed by atoms with E-state index in [1.54, 1.807) is 6.07 Å². The second-order valence-electron chi connectivity index (χ2n) is 8.99. The molecule has 0 radical (unpaired) electrons. The van der Waals surface area contributed by atoms with Crippen molar-refractivity contribution in [3.05, 3.63) is 59.2 Å². The molecule has 1 aliphatic carbocycles. The molecule has 2 aromatic rings. The summed E-state index contributed by atoms with van der Waals surface area (Å²) in [6.45, 7) is 7.63. The summed E-state index contributed by atoms with van der Waals surface area (Å²) in [5.74, 6) is -0.00573. The maximum Gasteiger partial charge on any atom is 0.209 e. The van der Waals surface area contributed by atoms with Gasteiger partial charge in [-0.15, -0.1) is 0 Å². The van der Waals surface area contributed by atoms with Gasteiger partial charge in [0.05, 0.1) is 0 Å². The average Bonchev–Trinajstić information content (AvgIpc) is 2.81. The average molecular weight is 474 g/mol. The number of aryl methyl sites for hydroxylation is 2. The van der Waals surface area contributed by atoms with Crippen LogP contribution >= 0.6 is 0 Å². The fourth-order valence-corrected chi connectivity index (χ4v) is 4.02. The summed E-state index contributed by atoms with van der Waals surface area (Å²) in [7, 11) is 0.